The number of likely N-dealkylation sites (N-methyl/N-ethyl adjacent to an activating group) is 1. The van der Waals surface area contributed by atoms with Crippen LogP contribution in [0.2, 0.25) is 5.28 Å². The van der Waals surface area contributed by atoms with Crippen LogP contribution < -0.4 is 5.32 Å². The molecule has 2 aliphatic rings. The second-order valence-corrected chi connectivity index (χ2v) is 17.5. The van der Waals surface area contributed by atoms with E-state index >= 15 is 0 Å². The van der Waals surface area contributed by atoms with Crippen LogP contribution in [0, 0.1) is 10.8 Å². The summed E-state index contributed by atoms with van der Waals surface area (Å²) in [6.45, 7) is 9.76. The highest BCUT2D eigenvalue weighted by atomic mass is 35.5. The van der Waals surface area contributed by atoms with E-state index in [0.717, 1.165) is 25.7 Å². The first-order valence-electron chi connectivity index (χ1n) is 16.9. The fraction of sp³-hybridized carbons (Fsp3) is 0.750. The standard InChI is InChI=1S/C32H50ClN6O11P/c1-31(2,3)16-44-29(41)46-19-48-51(43,49-20-47-30(42)45-17-32(4,5)6)15-23(40)38(7)14-22-12-13-24(50-22)39-18-34-25-26(35-21-10-8-9-11-21)36-28(33)37-27(25)39/h18,21-22,24H,8-17,19-20H2,1-7H3,(H,35,36,37)/t22-,24+/m0/s1. The molecule has 19 heteroatoms. The molecule has 1 saturated carbocycles. The van der Waals surface area contributed by atoms with Crippen molar-refractivity contribution in [2.75, 3.05) is 51.9 Å². The maximum atomic E-state index is 13.6. The minimum absolute atomic E-state index is 0.0646. The average molecular weight is 761 g/mol. The Hall–Kier alpha value is -3.24. The smallest absolute Gasteiger partial charge is 0.434 e. The van der Waals surface area contributed by atoms with E-state index in [9.17, 15) is 18.9 Å². The first-order valence-corrected chi connectivity index (χ1v) is 19.0. The fourth-order valence-corrected chi connectivity index (χ4v) is 6.68. The number of nitrogens with one attached hydrogen (secondary N) is 1. The van der Waals surface area contributed by atoms with Crippen LogP contribution in [0.3, 0.4) is 0 Å². The Morgan fingerprint density at radius 2 is 1.53 bits per heavy atom. The van der Waals surface area contributed by atoms with Gasteiger partial charge in [0.2, 0.25) is 24.8 Å². The van der Waals surface area contributed by atoms with Gasteiger partial charge in [0.05, 0.1) is 25.6 Å². The van der Waals surface area contributed by atoms with Gasteiger partial charge in [0.25, 0.3) is 0 Å². The fourth-order valence-electron chi connectivity index (χ4n) is 5.26. The number of aromatic nitrogens is 4. The molecule has 1 aliphatic heterocycles. The summed E-state index contributed by atoms with van der Waals surface area (Å²) in [5, 5.41) is 3.55. The normalized spacial score (nSPS) is 18.5. The molecular formula is C32H50ClN6O11P. The largest absolute Gasteiger partial charge is 0.510 e. The summed E-state index contributed by atoms with van der Waals surface area (Å²) in [6, 6.07) is 0.306. The second kappa shape index (κ2) is 17.5. The third kappa shape index (κ3) is 13.0. The molecule has 1 saturated heterocycles. The lowest BCUT2D eigenvalue weighted by Gasteiger charge is -2.24. The van der Waals surface area contributed by atoms with E-state index in [2.05, 4.69) is 20.3 Å². The number of hydrogen-bond donors (Lipinski definition) is 1. The van der Waals surface area contributed by atoms with Gasteiger partial charge in [-0.3, -0.25) is 23.0 Å². The van der Waals surface area contributed by atoms with Crippen LogP contribution in [0.1, 0.15) is 86.3 Å². The van der Waals surface area contributed by atoms with Gasteiger partial charge in [-0.15, -0.1) is 0 Å². The first kappa shape index (κ1) is 40.5. The molecule has 51 heavy (non-hydrogen) atoms. The first-order chi connectivity index (χ1) is 23.9. The van der Waals surface area contributed by atoms with Crippen LogP contribution in [0.25, 0.3) is 11.2 Å². The maximum absolute atomic E-state index is 13.6. The molecule has 2 aromatic heterocycles. The van der Waals surface area contributed by atoms with Gasteiger partial charge in [0.1, 0.15) is 12.4 Å². The van der Waals surface area contributed by atoms with E-state index < -0.39 is 51.8 Å². The molecule has 1 N–H and O–H groups in total. The zero-order valence-corrected chi connectivity index (χ0v) is 32.0. The van der Waals surface area contributed by atoms with Crippen molar-refractivity contribution in [1.82, 2.24) is 24.4 Å². The molecule has 2 aromatic rings. The highest BCUT2D eigenvalue weighted by Crippen LogP contribution is 2.48. The van der Waals surface area contributed by atoms with Crippen LogP contribution in [-0.2, 0) is 42.1 Å². The van der Waals surface area contributed by atoms with Crippen molar-refractivity contribution >= 4 is 54.4 Å². The molecule has 0 aromatic carbocycles. The van der Waals surface area contributed by atoms with Crippen molar-refractivity contribution < 1.29 is 51.7 Å². The molecule has 17 nitrogen and oxygen atoms in total. The number of hydrogen-bond acceptors (Lipinski definition) is 15. The number of ether oxygens (including phenoxy) is 5. The van der Waals surface area contributed by atoms with Crippen molar-refractivity contribution in [2.24, 2.45) is 10.8 Å². The van der Waals surface area contributed by atoms with E-state index in [1.165, 1.54) is 11.9 Å². The molecule has 0 unspecified atom stereocenters. The zero-order valence-electron chi connectivity index (χ0n) is 30.3. The van der Waals surface area contributed by atoms with Crippen LogP contribution >= 0.6 is 19.2 Å². The van der Waals surface area contributed by atoms with E-state index in [4.69, 9.17) is 44.3 Å². The third-order valence-corrected chi connectivity index (χ3v) is 9.64. The Labute approximate surface area is 302 Å². The molecule has 2 atom stereocenters. The van der Waals surface area contributed by atoms with Gasteiger partial charge in [0.15, 0.2) is 17.0 Å². The van der Waals surface area contributed by atoms with Crippen LogP contribution in [0.15, 0.2) is 6.33 Å². The minimum atomic E-state index is -4.33. The van der Waals surface area contributed by atoms with E-state index in [1.807, 2.05) is 41.5 Å². The Morgan fingerprint density at radius 1 is 0.941 bits per heavy atom. The van der Waals surface area contributed by atoms with E-state index in [1.54, 1.807) is 10.9 Å². The molecule has 286 valence electrons. The number of amides is 1. The highest BCUT2D eigenvalue weighted by molar-refractivity contribution is 7.54. The predicted molar refractivity (Wildman–Crippen MR) is 185 cm³/mol. The molecule has 1 aliphatic carbocycles. The maximum Gasteiger partial charge on any atom is 0.510 e. The summed E-state index contributed by atoms with van der Waals surface area (Å²) in [7, 11) is -2.81. The van der Waals surface area contributed by atoms with Crippen LogP contribution in [-0.4, -0.2) is 101 Å². The van der Waals surface area contributed by atoms with Gasteiger partial charge in [-0.2, -0.15) is 9.97 Å². The number of carbonyl (C=O) groups excluding carboxylic acids is 3. The third-order valence-electron chi connectivity index (χ3n) is 7.82. The lowest BCUT2D eigenvalue weighted by Crippen LogP contribution is -2.36. The van der Waals surface area contributed by atoms with Crippen molar-refractivity contribution in [2.45, 2.75) is 98.4 Å². The van der Waals surface area contributed by atoms with Gasteiger partial charge in [-0.1, -0.05) is 54.4 Å². The molecule has 0 radical (unpaired) electrons. The lowest BCUT2D eigenvalue weighted by molar-refractivity contribution is -0.129. The van der Waals surface area contributed by atoms with Crippen molar-refractivity contribution in [1.29, 1.82) is 0 Å². The number of nitrogens with zero attached hydrogens (tertiary/aromatic N) is 5. The summed E-state index contributed by atoms with van der Waals surface area (Å²) < 4.78 is 52.0. The summed E-state index contributed by atoms with van der Waals surface area (Å²) in [5.41, 5.74) is 0.498. The van der Waals surface area contributed by atoms with Crippen LogP contribution in [0.4, 0.5) is 15.4 Å². The minimum Gasteiger partial charge on any atom is -0.434 e. The predicted octanol–water partition coefficient (Wildman–Crippen LogP) is 6.51. The Kier molecular flexibility index (Phi) is 13.9. The van der Waals surface area contributed by atoms with Crippen molar-refractivity contribution in [3.05, 3.63) is 11.6 Å². The van der Waals surface area contributed by atoms with Crippen LogP contribution in [0.5, 0.6) is 0 Å². The van der Waals surface area contributed by atoms with Gasteiger partial charge in [-0.05, 0) is 48.1 Å². The number of fused-ring (bicyclic) bond motifs is 1. The number of halogens is 1. The molecule has 3 heterocycles. The van der Waals surface area contributed by atoms with Gasteiger partial charge >= 0.3 is 19.9 Å². The van der Waals surface area contributed by atoms with Gasteiger partial charge in [-0.25, -0.2) is 14.6 Å². The highest BCUT2D eigenvalue weighted by Gasteiger charge is 2.35. The molecular weight excluding hydrogens is 711 g/mol. The Morgan fingerprint density at radius 3 is 2.10 bits per heavy atom. The summed E-state index contributed by atoms with van der Waals surface area (Å²) in [5.74, 6) is -0.0324. The molecule has 0 bridgehead atoms. The molecule has 4 rings (SSSR count). The monoisotopic (exact) mass is 760 g/mol. The topological polar surface area (TPSA) is 192 Å². The van der Waals surface area contributed by atoms with Crippen molar-refractivity contribution in [3.8, 4) is 0 Å². The lowest BCUT2D eigenvalue weighted by atomic mass is 9.99. The van der Waals surface area contributed by atoms with E-state index in [0.29, 0.717) is 35.9 Å². The summed E-state index contributed by atoms with van der Waals surface area (Å²) in [6.07, 6.45) is 3.62. The molecule has 2 fully saturated rings. The average Bonchev–Trinajstić information content (AvgIpc) is 3.80. The number of rotatable bonds is 15. The quantitative estimate of drug-likeness (QED) is 0.0893. The van der Waals surface area contributed by atoms with E-state index in [-0.39, 0.29) is 42.0 Å². The second-order valence-electron chi connectivity index (χ2n) is 15.1. The summed E-state index contributed by atoms with van der Waals surface area (Å²) >= 11 is 6.29. The Bertz CT molecular complexity index is 1520. The van der Waals surface area contributed by atoms with Crippen molar-refractivity contribution in [3.63, 3.8) is 0 Å². The molecule has 1 amide bonds. The SMILES string of the molecule is CN(C[C@@H]1CC[C@H](n2cnc3c(NC4CCCC4)nc(Cl)nc32)O1)C(=O)CP(=O)(OCOC(=O)OCC(C)(C)C)OCOC(=O)OCC(C)(C)C. The molecule has 0 spiro atoms. The van der Waals surface area contributed by atoms with Gasteiger partial charge < -0.3 is 33.9 Å². The number of carbonyl (C=O) groups is 3. The summed E-state index contributed by atoms with van der Waals surface area (Å²) in [4.78, 5) is 51.9. The van der Waals surface area contributed by atoms with Gasteiger partial charge in [0, 0.05) is 19.6 Å². The zero-order chi connectivity index (χ0) is 37.4. The number of imidazole rings is 1. The number of anilines is 1. The Balaban J connectivity index is 1.33.